The maximum absolute atomic E-state index is 12.0. The number of carbonyl (C=O) groups excluding carboxylic acids is 1. The van der Waals surface area contributed by atoms with E-state index in [1.54, 1.807) is 27.7 Å². The maximum atomic E-state index is 12.0. The quantitative estimate of drug-likeness (QED) is 0.772. The number of carbonyl (C=O) groups is 2. The second-order valence-corrected chi connectivity index (χ2v) is 5.39. The van der Waals surface area contributed by atoms with Gasteiger partial charge in [-0.15, -0.1) is 0 Å². The summed E-state index contributed by atoms with van der Waals surface area (Å²) in [5.74, 6) is -1.07. The van der Waals surface area contributed by atoms with Crippen molar-refractivity contribution in [1.82, 2.24) is 4.90 Å². The van der Waals surface area contributed by atoms with Gasteiger partial charge in [-0.3, -0.25) is 4.90 Å². The Labute approximate surface area is 107 Å². The van der Waals surface area contributed by atoms with Crippen LogP contribution in [0.2, 0.25) is 0 Å². The van der Waals surface area contributed by atoms with Gasteiger partial charge in [-0.05, 0) is 34.1 Å². The number of ether oxygens (including phenoxy) is 2. The maximum Gasteiger partial charge on any atom is 0.411 e. The molecule has 0 radical (unpaired) electrons. The molecule has 0 unspecified atom stereocenters. The van der Waals surface area contributed by atoms with Crippen molar-refractivity contribution in [2.75, 3.05) is 13.2 Å². The lowest BCUT2D eigenvalue weighted by atomic mass is 10.1. The van der Waals surface area contributed by atoms with Crippen LogP contribution in [0.3, 0.4) is 0 Å². The van der Waals surface area contributed by atoms with Crippen molar-refractivity contribution in [2.45, 2.75) is 51.9 Å². The zero-order valence-corrected chi connectivity index (χ0v) is 11.3. The number of amides is 1. The lowest BCUT2D eigenvalue weighted by Crippen LogP contribution is -2.51. The molecule has 0 spiro atoms. The second-order valence-electron chi connectivity index (χ2n) is 5.39. The molecule has 6 heteroatoms. The van der Waals surface area contributed by atoms with Gasteiger partial charge < -0.3 is 14.6 Å². The van der Waals surface area contributed by atoms with Crippen LogP contribution in [0.5, 0.6) is 0 Å². The van der Waals surface area contributed by atoms with Crippen molar-refractivity contribution >= 4 is 12.1 Å². The zero-order valence-electron chi connectivity index (χ0n) is 11.3. The highest BCUT2D eigenvalue weighted by molar-refractivity contribution is 5.80. The number of nitrogens with zero attached hydrogens (tertiary/aromatic N) is 1. The van der Waals surface area contributed by atoms with Crippen molar-refractivity contribution in [3.63, 3.8) is 0 Å². The van der Waals surface area contributed by atoms with Crippen molar-refractivity contribution in [2.24, 2.45) is 0 Å². The Kier molecular flexibility index (Phi) is 4.56. The minimum absolute atomic E-state index is 0.330. The first-order valence-corrected chi connectivity index (χ1v) is 6.06. The van der Waals surface area contributed by atoms with E-state index in [1.807, 2.05) is 0 Å². The predicted octanol–water partition coefficient (Wildman–Crippen LogP) is 1.49. The molecule has 0 aliphatic carbocycles. The van der Waals surface area contributed by atoms with Crippen molar-refractivity contribution in [1.29, 1.82) is 0 Å². The van der Waals surface area contributed by atoms with Crippen LogP contribution in [-0.4, -0.2) is 53.0 Å². The number of carboxylic acids is 1. The molecule has 18 heavy (non-hydrogen) atoms. The van der Waals surface area contributed by atoms with Crippen molar-refractivity contribution in [3.8, 4) is 0 Å². The van der Waals surface area contributed by atoms with Crippen LogP contribution in [0.1, 0.15) is 34.1 Å². The summed E-state index contributed by atoms with van der Waals surface area (Å²) in [6, 6.07) is -0.998. The Morgan fingerprint density at radius 3 is 2.50 bits per heavy atom. The summed E-state index contributed by atoms with van der Waals surface area (Å²) in [6.45, 7) is 7.68. The van der Waals surface area contributed by atoms with Crippen LogP contribution < -0.4 is 0 Å². The molecule has 1 fully saturated rings. The molecule has 1 aliphatic heterocycles. The normalized spacial score (nSPS) is 25.4. The van der Waals surface area contributed by atoms with Gasteiger partial charge in [0.05, 0.1) is 6.10 Å². The van der Waals surface area contributed by atoms with Gasteiger partial charge in [-0.2, -0.15) is 0 Å². The molecule has 0 aromatic heterocycles. The van der Waals surface area contributed by atoms with Crippen LogP contribution in [0, 0.1) is 0 Å². The number of rotatable bonds is 1. The van der Waals surface area contributed by atoms with Gasteiger partial charge >= 0.3 is 12.1 Å². The molecule has 2 atom stereocenters. The number of carboxylic acid groups (broad SMARTS) is 1. The molecule has 0 saturated carbocycles. The average molecular weight is 259 g/mol. The Morgan fingerprint density at radius 2 is 2.00 bits per heavy atom. The van der Waals surface area contributed by atoms with E-state index in [0.717, 1.165) is 0 Å². The highest BCUT2D eigenvalue weighted by Gasteiger charge is 2.38. The molecule has 0 aromatic carbocycles. The Morgan fingerprint density at radius 1 is 1.39 bits per heavy atom. The van der Waals surface area contributed by atoms with Crippen LogP contribution in [0.15, 0.2) is 0 Å². The zero-order chi connectivity index (χ0) is 13.9. The Hall–Kier alpha value is -1.30. The number of hydrogen-bond donors (Lipinski definition) is 1. The minimum atomic E-state index is -1.07. The fourth-order valence-electron chi connectivity index (χ4n) is 1.85. The van der Waals surface area contributed by atoms with E-state index in [2.05, 4.69) is 0 Å². The molecular formula is C12H21NO5. The van der Waals surface area contributed by atoms with E-state index < -0.39 is 29.8 Å². The SMILES string of the molecule is C[C@H]1OCCCN(C(=O)OC(C)(C)C)[C@@H]1C(=O)O. The first-order chi connectivity index (χ1) is 8.22. The molecule has 1 rings (SSSR count). The van der Waals surface area contributed by atoms with E-state index in [9.17, 15) is 14.7 Å². The van der Waals surface area contributed by atoms with Gasteiger partial charge in [-0.1, -0.05) is 0 Å². The summed E-state index contributed by atoms with van der Waals surface area (Å²) >= 11 is 0. The topological polar surface area (TPSA) is 76.1 Å². The average Bonchev–Trinajstić information content (AvgIpc) is 2.36. The molecule has 104 valence electrons. The van der Waals surface area contributed by atoms with Crippen LogP contribution in [0.4, 0.5) is 4.79 Å². The second kappa shape index (κ2) is 5.56. The summed E-state index contributed by atoms with van der Waals surface area (Å²) < 4.78 is 10.6. The summed E-state index contributed by atoms with van der Waals surface area (Å²) in [7, 11) is 0. The van der Waals surface area contributed by atoms with Gasteiger partial charge in [0.25, 0.3) is 0 Å². The third kappa shape index (κ3) is 3.87. The Bertz CT molecular complexity index is 323. The van der Waals surface area contributed by atoms with Gasteiger partial charge in [0.15, 0.2) is 6.04 Å². The van der Waals surface area contributed by atoms with Gasteiger partial charge in [0.1, 0.15) is 5.60 Å². The molecule has 6 nitrogen and oxygen atoms in total. The molecule has 1 saturated heterocycles. The van der Waals surface area contributed by atoms with Gasteiger partial charge in [-0.25, -0.2) is 9.59 Å². The first kappa shape index (κ1) is 14.8. The number of hydrogen-bond acceptors (Lipinski definition) is 4. The fraction of sp³-hybridized carbons (Fsp3) is 0.833. The highest BCUT2D eigenvalue weighted by Crippen LogP contribution is 2.18. The van der Waals surface area contributed by atoms with E-state index in [4.69, 9.17) is 9.47 Å². The molecule has 1 amide bonds. The third-order valence-corrected chi connectivity index (χ3v) is 2.59. The van der Waals surface area contributed by atoms with Crippen molar-refractivity contribution in [3.05, 3.63) is 0 Å². The summed E-state index contributed by atoms with van der Waals surface area (Å²) in [5, 5.41) is 9.22. The summed E-state index contributed by atoms with van der Waals surface area (Å²) in [5.41, 5.74) is -0.642. The molecule has 1 N–H and O–H groups in total. The summed E-state index contributed by atoms with van der Waals surface area (Å²) in [6.07, 6.45) is -0.544. The van der Waals surface area contributed by atoms with Crippen molar-refractivity contribution < 1.29 is 24.2 Å². The molecule has 0 bridgehead atoms. The third-order valence-electron chi connectivity index (χ3n) is 2.59. The molecule has 0 aromatic rings. The lowest BCUT2D eigenvalue weighted by molar-refractivity contribution is -0.147. The smallest absolute Gasteiger partial charge is 0.411 e. The highest BCUT2D eigenvalue weighted by atomic mass is 16.6. The predicted molar refractivity (Wildman–Crippen MR) is 64.4 cm³/mol. The van der Waals surface area contributed by atoms with E-state index >= 15 is 0 Å². The molecule has 1 heterocycles. The van der Waals surface area contributed by atoms with Crippen LogP contribution in [-0.2, 0) is 14.3 Å². The van der Waals surface area contributed by atoms with Gasteiger partial charge in [0, 0.05) is 13.2 Å². The molecule has 1 aliphatic rings. The minimum Gasteiger partial charge on any atom is -0.480 e. The van der Waals surface area contributed by atoms with Crippen LogP contribution >= 0.6 is 0 Å². The van der Waals surface area contributed by atoms with E-state index in [1.165, 1.54) is 4.90 Å². The van der Waals surface area contributed by atoms with Gasteiger partial charge in [0.2, 0.25) is 0 Å². The lowest BCUT2D eigenvalue weighted by Gasteiger charge is -2.31. The van der Waals surface area contributed by atoms with E-state index in [0.29, 0.717) is 19.6 Å². The monoisotopic (exact) mass is 259 g/mol. The van der Waals surface area contributed by atoms with E-state index in [-0.39, 0.29) is 0 Å². The fourth-order valence-corrected chi connectivity index (χ4v) is 1.85. The standard InChI is InChI=1S/C12H21NO5/c1-8-9(10(14)15)13(6-5-7-17-8)11(16)18-12(2,3)4/h8-9H,5-7H2,1-4H3,(H,14,15)/t8-,9+/m1/s1. The number of aliphatic carboxylic acids is 1. The molecular weight excluding hydrogens is 238 g/mol. The summed E-state index contributed by atoms with van der Waals surface area (Å²) in [4.78, 5) is 24.5. The Balaban J connectivity index is 2.87. The largest absolute Gasteiger partial charge is 0.480 e. The van der Waals surface area contributed by atoms with Crippen LogP contribution in [0.25, 0.3) is 0 Å². The first-order valence-electron chi connectivity index (χ1n) is 6.06.